The summed E-state index contributed by atoms with van der Waals surface area (Å²) in [6.45, 7) is 5.75. The first-order valence-electron chi connectivity index (χ1n) is 9.78. The van der Waals surface area contributed by atoms with Gasteiger partial charge in [0.05, 0.1) is 24.4 Å². The number of hydrogen-bond acceptors (Lipinski definition) is 6. The highest BCUT2D eigenvalue weighted by atomic mass is 32.1. The third-order valence-electron chi connectivity index (χ3n) is 5.42. The summed E-state index contributed by atoms with van der Waals surface area (Å²) in [6, 6.07) is 13.5. The van der Waals surface area contributed by atoms with Gasteiger partial charge in [-0.1, -0.05) is 29.8 Å². The zero-order valence-electron chi connectivity index (χ0n) is 17.7. The first kappa shape index (κ1) is 20.8. The third kappa shape index (κ3) is 3.61. The van der Waals surface area contributed by atoms with Crippen molar-refractivity contribution in [1.82, 2.24) is 4.98 Å². The highest BCUT2D eigenvalue weighted by Crippen LogP contribution is 2.43. The van der Waals surface area contributed by atoms with Crippen LogP contribution in [0.3, 0.4) is 0 Å². The molecule has 0 saturated carbocycles. The predicted octanol–water partition coefficient (Wildman–Crippen LogP) is 4.70. The Kier molecular flexibility index (Phi) is 5.37. The van der Waals surface area contributed by atoms with E-state index in [0.717, 1.165) is 21.7 Å². The lowest BCUT2D eigenvalue weighted by atomic mass is 9.95. The number of carbonyl (C=O) groups is 2. The SMILES string of the molecule is COc1ccc(/C(O)=C2\C(=O)C(=O)N(c3nc(C)c(C)s3)[C@@H]2c2ccc(C)cc2)cc1. The molecule has 1 aromatic heterocycles. The number of hydrogen-bond donors (Lipinski definition) is 1. The molecule has 0 aliphatic carbocycles. The van der Waals surface area contributed by atoms with Crippen molar-refractivity contribution in [2.24, 2.45) is 0 Å². The van der Waals surface area contributed by atoms with Crippen LogP contribution in [0, 0.1) is 20.8 Å². The van der Waals surface area contributed by atoms with Gasteiger partial charge in [0.25, 0.3) is 5.78 Å². The Morgan fingerprint density at radius 1 is 1.03 bits per heavy atom. The number of thiazole rings is 1. The van der Waals surface area contributed by atoms with Crippen LogP contribution in [0.1, 0.15) is 33.3 Å². The molecule has 1 fully saturated rings. The number of carbonyl (C=O) groups excluding carboxylic acids is 2. The van der Waals surface area contributed by atoms with E-state index in [1.165, 1.54) is 16.2 Å². The maximum absolute atomic E-state index is 13.1. The van der Waals surface area contributed by atoms with E-state index in [1.54, 1.807) is 31.4 Å². The van der Waals surface area contributed by atoms with Crippen molar-refractivity contribution in [2.45, 2.75) is 26.8 Å². The summed E-state index contributed by atoms with van der Waals surface area (Å²) >= 11 is 1.35. The molecule has 0 bridgehead atoms. The van der Waals surface area contributed by atoms with Crippen molar-refractivity contribution in [3.05, 3.63) is 81.4 Å². The van der Waals surface area contributed by atoms with E-state index < -0.39 is 17.7 Å². The zero-order valence-corrected chi connectivity index (χ0v) is 18.5. The topological polar surface area (TPSA) is 79.7 Å². The number of ketones is 1. The molecule has 0 radical (unpaired) electrons. The van der Waals surface area contributed by atoms with Crippen molar-refractivity contribution in [2.75, 3.05) is 12.0 Å². The number of methoxy groups -OCH3 is 1. The third-order valence-corrected chi connectivity index (χ3v) is 6.50. The number of Topliss-reactive ketones (excluding diaryl/α,β-unsaturated/α-hetero) is 1. The first-order chi connectivity index (χ1) is 14.8. The number of aliphatic hydroxyl groups excluding tert-OH is 1. The smallest absolute Gasteiger partial charge is 0.301 e. The van der Waals surface area contributed by atoms with Gasteiger partial charge < -0.3 is 9.84 Å². The summed E-state index contributed by atoms with van der Waals surface area (Å²) in [6.07, 6.45) is 0. The fourth-order valence-electron chi connectivity index (χ4n) is 3.56. The number of ether oxygens (including phenoxy) is 1. The largest absolute Gasteiger partial charge is 0.507 e. The van der Waals surface area contributed by atoms with Gasteiger partial charge in [0.15, 0.2) is 5.13 Å². The van der Waals surface area contributed by atoms with Crippen molar-refractivity contribution >= 4 is 33.9 Å². The minimum Gasteiger partial charge on any atom is -0.507 e. The molecule has 1 aliphatic heterocycles. The lowest BCUT2D eigenvalue weighted by Crippen LogP contribution is -2.29. The second-order valence-electron chi connectivity index (χ2n) is 7.45. The second kappa shape index (κ2) is 8.00. The molecule has 2 aromatic carbocycles. The van der Waals surface area contributed by atoms with Gasteiger partial charge >= 0.3 is 5.91 Å². The zero-order chi connectivity index (χ0) is 22.3. The summed E-state index contributed by atoms with van der Waals surface area (Å²) in [5.41, 5.74) is 3.06. The van der Waals surface area contributed by atoms with E-state index in [-0.39, 0.29) is 11.3 Å². The number of anilines is 1. The normalized spacial score (nSPS) is 17.9. The van der Waals surface area contributed by atoms with Crippen molar-refractivity contribution < 1.29 is 19.4 Å². The van der Waals surface area contributed by atoms with Crippen molar-refractivity contribution in [3.63, 3.8) is 0 Å². The average molecular weight is 435 g/mol. The summed E-state index contributed by atoms with van der Waals surface area (Å²) in [5, 5.41) is 11.5. The molecule has 1 N–H and O–H groups in total. The Morgan fingerprint density at radius 3 is 2.23 bits per heavy atom. The summed E-state index contributed by atoms with van der Waals surface area (Å²) in [4.78, 5) is 33.1. The molecular weight excluding hydrogens is 412 g/mol. The van der Waals surface area contributed by atoms with E-state index in [0.29, 0.717) is 16.4 Å². The molecule has 1 atom stereocenters. The van der Waals surface area contributed by atoms with Gasteiger partial charge in [-0.25, -0.2) is 4.98 Å². The molecule has 3 aromatic rings. The number of amides is 1. The van der Waals surface area contributed by atoms with Gasteiger partial charge in [-0.3, -0.25) is 14.5 Å². The van der Waals surface area contributed by atoms with Crippen LogP contribution in [0.15, 0.2) is 54.1 Å². The van der Waals surface area contributed by atoms with Crippen LogP contribution < -0.4 is 9.64 Å². The van der Waals surface area contributed by atoms with Gasteiger partial charge in [-0.05, 0) is 50.6 Å². The Bertz CT molecular complexity index is 1170. The molecular formula is C24H22N2O4S. The Hall–Kier alpha value is -3.45. The molecule has 6 nitrogen and oxygen atoms in total. The molecule has 1 amide bonds. The monoisotopic (exact) mass is 434 g/mol. The van der Waals surface area contributed by atoms with Crippen LogP contribution in [0.2, 0.25) is 0 Å². The maximum atomic E-state index is 13.1. The van der Waals surface area contributed by atoms with Crippen LogP contribution in [0.4, 0.5) is 5.13 Å². The van der Waals surface area contributed by atoms with Crippen molar-refractivity contribution in [1.29, 1.82) is 0 Å². The number of aliphatic hydroxyl groups is 1. The van der Waals surface area contributed by atoms with Crippen LogP contribution >= 0.6 is 11.3 Å². The fraction of sp³-hybridized carbons (Fsp3) is 0.208. The summed E-state index contributed by atoms with van der Waals surface area (Å²) in [7, 11) is 1.55. The molecule has 4 rings (SSSR count). The average Bonchev–Trinajstić information content (AvgIpc) is 3.23. The van der Waals surface area contributed by atoms with Crippen LogP contribution in [-0.4, -0.2) is 28.9 Å². The number of aryl methyl sites for hydroxylation is 3. The molecule has 2 heterocycles. The highest BCUT2D eigenvalue weighted by Gasteiger charge is 2.48. The molecule has 7 heteroatoms. The molecule has 1 aliphatic rings. The molecule has 1 saturated heterocycles. The highest BCUT2D eigenvalue weighted by molar-refractivity contribution is 7.16. The Balaban J connectivity index is 1.92. The maximum Gasteiger partial charge on any atom is 0.301 e. The van der Waals surface area contributed by atoms with Gasteiger partial charge in [-0.15, -0.1) is 11.3 Å². The van der Waals surface area contributed by atoms with E-state index in [1.807, 2.05) is 45.0 Å². The van der Waals surface area contributed by atoms with E-state index in [4.69, 9.17) is 4.74 Å². The summed E-state index contributed by atoms with van der Waals surface area (Å²) in [5.74, 6) is -1.03. The van der Waals surface area contributed by atoms with E-state index in [9.17, 15) is 14.7 Å². The predicted molar refractivity (Wildman–Crippen MR) is 121 cm³/mol. The van der Waals surface area contributed by atoms with Gasteiger partial charge in [-0.2, -0.15) is 0 Å². The molecule has 158 valence electrons. The quantitative estimate of drug-likeness (QED) is 0.366. The fourth-order valence-corrected chi connectivity index (χ4v) is 4.49. The number of aromatic nitrogens is 1. The lowest BCUT2D eigenvalue weighted by molar-refractivity contribution is -0.132. The minimum absolute atomic E-state index is 0.0459. The second-order valence-corrected chi connectivity index (χ2v) is 8.63. The van der Waals surface area contributed by atoms with Gasteiger partial charge in [0.1, 0.15) is 11.5 Å². The van der Waals surface area contributed by atoms with Gasteiger partial charge in [0, 0.05) is 10.4 Å². The van der Waals surface area contributed by atoms with Crippen LogP contribution in [-0.2, 0) is 9.59 Å². The van der Waals surface area contributed by atoms with Gasteiger partial charge in [0.2, 0.25) is 0 Å². The Labute approximate surface area is 184 Å². The van der Waals surface area contributed by atoms with E-state index >= 15 is 0 Å². The lowest BCUT2D eigenvalue weighted by Gasteiger charge is -2.23. The molecule has 0 spiro atoms. The minimum atomic E-state index is -0.771. The first-order valence-corrected chi connectivity index (χ1v) is 10.6. The van der Waals surface area contributed by atoms with E-state index in [2.05, 4.69) is 4.98 Å². The van der Waals surface area contributed by atoms with Crippen LogP contribution in [0.25, 0.3) is 5.76 Å². The number of nitrogens with zero attached hydrogens (tertiary/aromatic N) is 2. The molecule has 0 unspecified atom stereocenters. The molecule has 31 heavy (non-hydrogen) atoms. The number of benzene rings is 2. The van der Waals surface area contributed by atoms with Crippen LogP contribution in [0.5, 0.6) is 5.75 Å². The number of rotatable bonds is 4. The van der Waals surface area contributed by atoms with Crippen molar-refractivity contribution in [3.8, 4) is 5.75 Å². The summed E-state index contributed by atoms with van der Waals surface area (Å²) < 4.78 is 5.17. The Morgan fingerprint density at radius 2 is 1.68 bits per heavy atom. The standard InChI is InChI=1S/C24H22N2O4S/c1-13-5-7-16(8-6-13)20-19(21(27)17-9-11-18(30-4)12-10-17)22(28)23(29)26(20)24-25-14(2)15(3)31-24/h5-12,20,27H,1-4H3/b21-19+/t20-/m1/s1.